The molecule has 2 saturated heterocycles. The molecule has 0 radical (unpaired) electrons. The molecule has 2 aliphatic rings. The molecule has 1 atom stereocenters. The van der Waals surface area contributed by atoms with Gasteiger partial charge in [0.25, 0.3) is 5.92 Å². The third-order valence-electron chi connectivity index (χ3n) is 6.95. The van der Waals surface area contributed by atoms with Crippen LogP contribution in [0.5, 0.6) is 0 Å². The van der Waals surface area contributed by atoms with Crippen LogP contribution in [0, 0.1) is 0 Å². The van der Waals surface area contributed by atoms with Gasteiger partial charge in [-0.2, -0.15) is 0 Å². The zero-order chi connectivity index (χ0) is 24.6. The Morgan fingerprint density at radius 3 is 2.51 bits per heavy atom. The number of hydrogen-bond donors (Lipinski definition) is 1. The fourth-order valence-corrected chi connectivity index (χ4v) is 4.85. The number of benzene rings is 1. The average molecular weight is 482 g/mol. The summed E-state index contributed by atoms with van der Waals surface area (Å²) in [6, 6.07) is 8.85. The maximum atomic E-state index is 14.7. The van der Waals surface area contributed by atoms with Gasteiger partial charge in [-0.1, -0.05) is 12.1 Å². The zero-order valence-corrected chi connectivity index (χ0v) is 19.9. The molecule has 184 valence electrons. The number of piperidine rings is 1. The molecule has 2 aliphatic heterocycles. The summed E-state index contributed by atoms with van der Waals surface area (Å²) >= 11 is 0. The van der Waals surface area contributed by atoms with E-state index in [4.69, 9.17) is 4.98 Å². The van der Waals surface area contributed by atoms with E-state index in [-0.39, 0.29) is 18.9 Å². The third-order valence-corrected chi connectivity index (χ3v) is 6.95. The van der Waals surface area contributed by atoms with Gasteiger partial charge < -0.3 is 20.0 Å². The van der Waals surface area contributed by atoms with Crippen LogP contribution in [0.15, 0.2) is 42.7 Å². The van der Waals surface area contributed by atoms with Crippen LogP contribution in [0.2, 0.25) is 0 Å². The van der Waals surface area contributed by atoms with E-state index < -0.39 is 12.0 Å². The lowest BCUT2D eigenvalue weighted by atomic mass is 10.0. The van der Waals surface area contributed by atoms with Crippen LogP contribution in [-0.4, -0.2) is 84.0 Å². The second-order valence-electron chi connectivity index (χ2n) is 9.14. The lowest BCUT2D eigenvalue weighted by Gasteiger charge is -2.38. The molecule has 1 N–H and O–H groups in total. The summed E-state index contributed by atoms with van der Waals surface area (Å²) < 4.78 is 29.5. The van der Waals surface area contributed by atoms with Crippen molar-refractivity contribution in [2.45, 2.75) is 25.3 Å². The molecule has 0 spiro atoms. The average Bonchev–Trinajstić information content (AvgIpc) is 2.87. The summed E-state index contributed by atoms with van der Waals surface area (Å²) in [6.45, 7) is 5.03. The number of nitrogens with one attached hydrogen (secondary N) is 1. The van der Waals surface area contributed by atoms with Gasteiger partial charge in [-0.05, 0) is 18.2 Å². The molecule has 0 aliphatic carbocycles. The van der Waals surface area contributed by atoms with Gasteiger partial charge in [0.05, 0.1) is 11.2 Å². The van der Waals surface area contributed by atoms with Gasteiger partial charge in [-0.15, -0.1) is 0 Å². The highest BCUT2D eigenvalue weighted by atomic mass is 19.3. The summed E-state index contributed by atoms with van der Waals surface area (Å²) in [7, 11) is 1.65. The van der Waals surface area contributed by atoms with E-state index in [9.17, 15) is 13.6 Å². The first-order valence-corrected chi connectivity index (χ1v) is 11.9. The number of halogens is 2. The smallest absolute Gasteiger partial charge is 0.270 e. The van der Waals surface area contributed by atoms with Gasteiger partial charge in [0.15, 0.2) is 5.82 Å². The summed E-state index contributed by atoms with van der Waals surface area (Å²) in [5, 5.41) is 3.07. The number of fused-ring (bicyclic) bond motifs is 1. The first-order valence-electron chi connectivity index (χ1n) is 11.9. The number of carbonyl (C=O) groups excluding carboxylic acids is 1. The van der Waals surface area contributed by atoms with Gasteiger partial charge in [0.2, 0.25) is 5.91 Å². The molecular weight excluding hydrogens is 452 g/mol. The van der Waals surface area contributed by atoms with Crippen molar-refractivity contribution < 1.29 is 13.6 Å². The number of likely N-dealkylation sites (N-methyl/N-ethyl adjacent to an activating group) is 1. The van der Waals surface area contributed by atoms with Crippen molar-refractivity contribution >= 4 is 28.4 Å². The quantitative estimate of drug-likeness (QED) is 0.614. The number of pyridine rings is 1. The minimum atomic E-state index is -2.83. The fourth-order valence-electron chi connectivity index (χ4n) is 4.85. The van der Waals surface area contributed by atoms with Crippen molar-refractivity contribution in [3.05, 3.63) is 42.7 Å². The molecule has 1 aromatic carbocycles. The van der Waals surface area contributed by atoms with Crippen molar-refractivity contribution in [2.75, 3.05) is 56.1 Å². The molecule has 5 rings (SSSR count). The normalized spacial score (nSPS) is 20.2. The standard InChI is InChI=1S/C25H29F2N7O/c1-17(35)33-11-13-34(14-12-33)19-5-3-18(4-6-19)20-15-21-23(30-10-9-29-21)24(31-20)32(2)22-16-28-8-7-25(22,26)27/h3-6,9-10,15,22,28H,7-8,11-14,16H2,1-2H3/t22-/m1/s1. The summed E-state index contributed by atoms with van der Waals surface area (Å²) in [6.07, 6.45) is 2.93. The molecule has 4 heterocycles. The highest BCUT2D eigenvalue weighted by Gasteiger charge is 2.44. The predicted molar refractivity (Wildman–Crippen MR) is 132 cm³/mol. The van der Waals surface area contributed by atoms with E-state index in [0.29, 0.717) is 42.2 Å². The second-order valence-corrected chi connectivity index (χ2v) is 9.14. The van der Waals surface area contributed by atoms with Crippen molar-refractivity contribution in [1.29, 1.82) is 0 Å². The monoisotopic (exact) mass is 481 g/mol. The maximum absolute atomic E-state index is 14.7. The van der Waals surface area contributed by atoms with Gasteiger partial charge in [0.1, 0.15) is 11.6 Å². The van der Waals surface area contributed by atoms with E-state index in [1.807, 2.05) is 35.2 Å². The molecule has 10 heteroatoms. The molecular formula is C25H29F2N7O. The van der Waals surface area contributed by atoms with Gasteiger partial charge in [-0.3, -0.25) is 9.78 Å². The Morgan fingerprint density at radius 2 is 1.83 bits per heavy atom. The van der Waals surface area contributed by atoms with Crippen LogP contribution in [0.3, 0.4) is 0 Å². The highest BCUT2D eigenvalue weighted by Crippen LogP contribution is 2.34. The van der Waals surface area contributed by atoms with Gasteiger partial charge >= 0.3 is 0 Å². The molecule has 0 saturated carbocycles. The number of rotatable bonds is 4. The van der Waals surface area contributed by atoms with E-state index in [0.717, 1.165) is 24.3 Å². The van der Waals surface area contributed by atoms with Crippen molar-refractivity contribution in [3.8, 4) is 11.3 Å². The van der Waals surface area contributed by atoms with Crippen molar-refractivity contribution in [1.82, 2.24) is 25.2 Å². The molecule has 35 heavy (non-hydrogen) atoms. The van der Waals surface area contributed by atoms with Crippen molar-refractivity contribution in [2.24, 2.45) is 0 Å². The van der Waals surface area contributed by atoms with Crippen LogP contribution in [0.4, 0.5) is 20.3 Å². The second kappa shape index (κ2) is 9.33. The van der Waals surface area contributed by atoms with Gasteiger partial charge in [-0.25, -0.2) is 18.7 Å². The molecule has 1 amide bonds. The molecule has 2 fully saturated rings. The lowest BCUT2D eigenvalue weighted by Crippen LogP contribution is -2.57. The minimum absolute atomic E-state index is 0.105. The number of amides is 1. The Morgan fingerprint density at radius 1 is 1.11 bits per heavy atom. The largest absolute Gasteiger partial charge is 0.368 e. The Balaban J connectivity index is 1.45. The number of aromatic nitrogens is 3. The number of carbonyl (C=O) groups is 1. The topological polar surface area (TPSA) is 77.5 Å². The van der Waals surface area contributed by atoms with Crippen LogP contribution >= 0.6 is 0 Å². The number of hydrogen-bond acceptors (Lipinski definition) is 7. The fraction of sp³-hybridized carbons (Fsp3) is 0.440. The van der Waals surface area contributed by atoms with Crippen LogP contribution in [0.25, 0.3) is 22.3 Å². The van der Waals surface area contributed by atoms with Crippen LogP contribution in [-0.2, 0) is 4.79 Å². The Kier molecular flexibility index (Phi) is 6.22. The number of anilines is 2. The number of nitrogens with zero attached hydrogens (tertiary/aromatic N) is 6. The number of piperazine rings is 1. The third kappa shape index (κ3) is 4.62. The Bertz CT molecular complexity index is 1210. The molecule has 2 aromatic heterocycles. The van der Waals surface area contributed by atoms with E-state index in [1.54, 1.807) is 26.4 Å². The molecule has 0 unspecified atom stereocenters. The Labute approximate surface area is 203 Å². The maximum Gasteiger partial charge on any atom is 0.270 e. The highest BCUT2D eigenvalue weighted by molar-refractivity contribution is 5.89. The predicted octanol–water partition coefficient (Wildman–Crippen LogP) is 2.79. The molecule has 8 nitrogen and oxygen atoms in total. The first kappa shape index (κ1) is 23.3. The van der Waals surface area contributed by atoms with E-state index in [2.05, 4.69) is 20.2 Å². The van der Waals surface area contributed by atoms with E-state index in [1.165, 1.54) is 4.90 Å². The minimum Gasteiger partial charge on any atom is -0.368 e. The SMILES string of the molecule is CC(=O)N1CCN(c2ccc(-c3cc4nccnc4c(N(C)[C@@H]4CNCCC4(F)F)n3)cc2)CC1. The zero-order valence-electron chi connectivity index (χ0n) is 19.9. The summed E-state index contributed by atoms with van der Waals surface area (Å²) in [5.74, 6) is -2.34. The number of alkyl halides is 2. The molecule has 3 aromatic rings. The van der Waals surface area contributed by atoms with Crippen LogP contribution in [0.1, 0.15) is 13.3 Å². The van der Waals surface area contributed by atoms with E-state index >= 15 is 0 Å². The first-order chi connectivity index (χ1) is 16.8. The van der Waals surface area contributed by atoms with Gasteiger partial charge in [0, 0.05) is 83.3 Å². The lowest BCUT2D eigenvalue weighted by molar-refractivity contribution is -0.129. The Hall–Kier alpha value is -3.40. The summed E-state index contributed by atoms with van der Waals surface area (Å²) in [4.78, 5) is 30.9. The van der Waals surface area contributed by atoms with Crippen LogP contribution < -0.4 is 15.1 Å². The van der Waals surface area contributed by atoms with Crippen molar-refractivity contribution in [3.63, 3.8) is 0 Å². The summed E-state index contributed by atoms with van der Waals surface area (Å²) in [5.41, 5.74) is 3.70. The molecule has 0 bridgehead atoms.